The maximum Gasteiger partial charge on any atom is 0.309 e. The minimum atomic E-state index is -0.500. The highest BCUT2D eigenvalue weighted by molar-refractivity contribution is 6.30. The number of nitrogens with zero attached hydrogens (tertiary/aromatic N) is 2. The van der Waals surface area contributed by atoms with Gasteiger partial charge in [0.15, 0.2) is 6.61 Å². The van der Waals surface area contributed by atoms with Gasteiger partial charge in [0.1, 0.15) is 0 Å². The highest BCUT2D eigenvalue weighted by atomic mass is 35.5. The van der Waals surface area contributed by atoms with Crippen molar-refractivity contribution in [3.63, 3.8) is 0 Å². The molecule has 3 rings (SSSR count). The summed E-state index contributed by atoms with van der Waals surface area (Å²) in [7, 11) is 0. The van der Waals surface area contributed by atoms with E-state index in [4.69, 9.17) is 20.9 Å². The van der Waals surface area contributed by atoms with Crippen molar-refractivity contribution in [2.75, 3.05) is 25.0 Å². The molecule has 0 aliphatic carbocycles. The van der Waals surface area contributed by atoms with E-state index in [0.717, 1.165) is 0 Å². The van der Waals surface area contributed by atoms with Gasteiger partial charge in [-0.2, -0.15) is 0 Å². The van der Waals surface area contributed by atoms with Crippen LogP contribution in [0.25, 0.3) is 0 Å². The van der Waals surface area contributed by atoms with Gasteiger partial charge in [-0.05, 0) is 44.0 Å². The van der Waals surface area contributed by atoms with Crippen LogP contribution in [0.3, 0.4) is 0 Å². The normalized spacial score (nSPS) is 14.6. The highest BCUT2D eigenvalue weighted by Gasteiger charge is 2.29. The summed E-state index contributed by atoms with van der Waals surface area (Å²) in [5.74, 6) is -1.17. The van der Waals surface area contributed by atoms with Gasteiger partial charge in [0.25, 0.3) is 11.8 Å². The maximum atomic E-state index is 12.5. The number of carbonyl (C=O) groups is 3. The molecule has 0 spiro atoms. The molecule has 1 fully saturated rings. The van der Waals surface area contributed by atoms with E-state index in [0.29, 0.717) is 42.2 Å². The first-order chi connectivity index (χ1) is 13.4. The van der Waals surface area contributed by atoms with Crippen LogP contribution in [0.4, 0.5) is 5.88 Å². The number of amides is 2. The van der Waals surface area contributed by atoms with Crippen LogP contribution in [-0.4, -0.2) is 47.5 Å². The van der Waals surface area contributed by atoms with Gasteiger partial charge in [-0.15, -0.1) is 0 Å². The van der Waals surface area contributed by atoms with E-state index in [2.05, 4.69) is 10.5 Å². The number of aromatic nitrogens is 1. The monoisotopic (exact) mass is 405 g/mol. The summed E-state index contributed by atoms with van der Waals surface area (Å²) in [5, 5.41) is 6.68. The van der Waals surface area contributed by atoms with Crippen molar-refractivity contribution in [3.8, 4) is 0 Å². The topological polar surface area (TPSA) is 102 Å². The van der Waals surface area contributed by atoms with Crippen LogP contribution in [-0.2, 0) is 14.3 Å². The second kappa shape index (κ2) is 8.88. The quantitative estimate of drug-likeness (QED) is 0.767. The van der Waals surface area contributed by atoms with Crippen LogP contribution < -0.4 is 5.32 Å². The molecular weight excluding hydrogens is 386 g/mol. The first-order valence-corrected chi connectivity index (χ1v) is 9.25. The summed E-state index contributed by atoms with van der Waals surface area (Å²) in [6.07, 6.45) is 0.974. The molecule has 9 heteroatoms. The maximum absolute atomic E-state index is 12.5. The van der Waals surface area contributed by atoms with Gasteiger partial charge in [-0.25, -0.2) is 0 Å². The molecule has 1 N–H and O–H groups in total. The van der Waals surface area contributed by atoms with Crippen molar-refractivity contribution in [2.45, 2.75) is 19.8 Å². The third kappa shape index (κ3) is 5.10. The molecular formula is C19H20ClN3O5. The fraction of sp³-hybridized carbons (Fsp3) is 0.368. The summed E-state index contributed by atoms with van der Waals surface area (Å²) in [6, 6.07) is 8.26. The third-order valence-corrected chi connectivity index (χ3v) is 4.69. The Morgan fingerprint density at radius 1 is 1.25 bits per heavy atom. The lowest BCUT2D eigenvalue weighted by atomic mass is 9.96. The Kier molecular flexibility index (Phi) is 6.30. The van der Waals surface area contributed by atoms with E-state index in [9.17, 15) is 14.4 Å². The average Bonchev–Trinajstić information content (AvgIpc) is 3.11. The van der Waals surface area contributed by atoms with E-state index in [1.54, 1.807) is 42.2 Å². The Bertz CT molecular complexity index is 857. The molecule has 8 nitrogen and oxygen atoms in total. The molecule has 2 heterocycles. The van der Waals surface area contributed by atoms with Gasteiger partial charge in [0, 0.05) is 29.7 Å². The minimum Gasteiger partial charge on any atom is -0.455 e. The number of ether oxygens (including phenoxy) is 1. The van der Waals surface area contributed by atoms with Crippen LogP contribution in [0, 0.1) is 12.8 Å². The van der Waals surface area contributed by atoms with Gasteiger partial charge >= 0.3 is 5.97 Å². The van der Waals surface area contributed by atoms with Gasteiger partial charge in [-0.1, -0.05) is 16.8 Å². The number of carbonyl (C=O) groups excluding carboxylic acids is 3. The summed E-state index contributed by atoms with van der Waals surface area (Å²) in [6.45, 7) is 2.22. The number of piperidine rings is 1. The summed E-state index contributed by atoms with van der Waals surface area (Å²) in [5.41, 5.74) is 1.19. The zero-order valence-electron chi connectivity index (χ0n) is 15.3. The lowest BCUT2D eigenvalue weighted by Gasteiger charge is -2.31. The molecule has 28 heavy (non-hydrogen) atoms. The minimum absolute atomic E-state index is 0.0924. The Morgan fingerprint density at radius 2 is 1.93 bits per heavy atom. The molecule has 0 bridgehead atoms. The third-order valence-electron chi connectivity index (χ3n) is 4.44. The Morgan fingerprint density at radius 3 is 2.54 bits per heavy atom. The van der Waals surface area contributed by atoms with E-state index >= 15 is 0 Å². The first kappa shape index (κ1) is 19.9. The molecule has 0 unspecified atom stereocenters. The smallest absolute Gasteiger partial charge is 0.309 e. The number of rotatable bonds is 5. The second-order valence-corrected chi connectivity index (χ2v) is 7.00. The van der Waals surface area contributed by atoms with Gasteiger partial charge < -0.3 is 14.2 Å². The number of nitrogens with one attached hydrogen (secondary N) is 1. The van der Waals surface area contributed by atoms with E-state index < -0.39 is 18.5 Å². The fourth-order valence-corrected chi connectivity index (χ4v) is 3.07. The molecule has 2 aromatic rings. The van der Waals surface area contributed by atoms with Crippen LogP contribution in [0.15, 0.2) is 34.9 Å². The van der Waals surface area contributed by atoms with Crippen LogP contribution >= 0.6 is 11.6 Å². The Hall–Kier alpha value is -2.87. The van der Waals surface area contributed by atoms with Crippen molar-refractivity contribution >= 4 is 35.3 Å². The molecule has 1 aromatic heterocycles. The van der Waals surface area contributed by atoms with Gasteiger partial charge in [0.2, 0.25) is 5.88 Å². The summed E-state index contributed by atoms with van der Waals surface area (Å²) >= 11 is 5.84. The zero-order valence-corrected chi connectivity index (χ0v) is 16.1. The van der Waals surface area contributed by atoms with Crippen LogP contribution in [0.5, 0.6) is 0 Å². The lowest BCUT2D eigenvalue weighted by molar-refractivity contribution is -0.152. The van der Waals surface area contributed by atoms with Crippen molar-refractivity contribution in [1.29, 1.82) is 0 Å². The number of benzene rings is 1. The largest absolute Gasteiger partial charge is 0.455 e. The van der Waals surface area contributed by atoms with Gasteiger partial charge in [0.05, 0.1) is 11.6 Å². The summed E-state index contributed by atoms with van der Waals surface area (Å²) in [4.78, 5) is 38.2. The van der Waals surface area contributed by atoms with Crippen LogP contribution in [0.1, 0.15) is 28.9 Å². The van der Waals surface area contributed by atoms with E-state index in [-0.39, 0.29) is 17.7 Å². The molecule has 1 saturated heterocycles. The summed E-state index contributed by atoms with van der Waals surface area (Å²) < 4.78 is 9.95. The number of hydrogen-bond donors (Lipinski definition) is 1. The predicted molar refractivity (Wildman–Crippen MR) is 101 cm³/mol. The Labute approximate surface area is 166 Å². The molecule has 1 aliphatic heterocycles. The standard InChI is InChI=1S/C19H20ClN3O5/c1-12-10-17(28-22-12)21-16(24)11-27-19(26)14-6-8-23(9-7-14)18(25)13-2-4-15(20)5-3-13/h2-5,10,14H,6-9,11H2,1H3,(H,21,24). The van der Waals surface area contributed by atoms with Crippen LogP contribution in [0.2, 0.25) is 5.02 Å². The second-order valence-electron chi connectivity index (χ2n) is 6.56. The lowest BCUT2D eigenvalue weighted by Crippen LogP contribution is -2.41. The fourth-order valence-electron chi connectivity index (χ4n) is 2.94. The first-order valence-electron chi connectivity index (χ1n) is 8.87. The molecule has 0 atom stereocenters. The van der Waals surface area contributed by atoms with Crippen molar-refractivity contribution < 1.29 is 23.6 Å². The predicted octanol–water partition coefficient (Wildman–Crippen LogP) is 2.67. The van der Waals surface area contributed by atoms with E-state index in [1.807, 2.05) is 0 Å². The number of aryl methyl sites for hydroxylation is 1. The average molecular weight is 406 g/mol. The van der Waals surface area contributed by atoms with Crippen molar-refractivity contribution in [3.05, 3.63) is 46.6 Å². The number of esters is 1. The SMILES string of the molecule is Cc1cc(NC(=O)COC(=O)C2CCN(C(=O)c3ccc(Cl)cc3)CC2)on1. The molecule has 2 amide bonds. The Balaban J connectivity index is 1.42. The molecule has 1 aromatic carbocycles. The van der Waals surface area contributed by atoms with Gasteiger partial charge in [-0.3, -0.25) is 19.7 Å². The number of hydrogen-bond acceptors (Lipinski definition) is 6. The number of anilines is 1. The number of halogens is 1. The van der Waals surface area contributed by atoms with Crippen molar-refractivity contribution in [2.24, 2.45) is 5.92 Å². The molecule has 1 aliphatic rings. The zero-order chi connectivity index (χ0) is 20.1. The number of likely N-dealkylation sites (tertiary alicyclic amines) is 1. The van der Waals surface area contributed by atoms with Crippen molar-refractivity contribution in [1.82, 2.24) is 10.1 Å². The molecule has 0 radical (unpaired) electrons. The van der Waals surface area contributed by atoms with E-state index in [1.165, 1.54) is 0 Å². The molecule has 148 valence electrons. The highest BCUT2D eigenvalue weighted by Crippen LogP contribution is 2.21. The molecule has 0 saturated carbocycles.